The first kappa shape index (κ1) is 9.57. The number of hydrogen-bond acceptors (Lipinski definition) is 2. The Hall–Kier alpha value is -1.52. The lowest BCUT2D eigenvalue weighted by molar-refractivity contribution is -0.147. The second-order valence-corrected chi connectivity index (χ2v) is 3.37. The molecule has 1 heterocycles. The molecule has 1 aliphatic heterocycles. The molecule has 0 bridgehead atoms. The molecule has 5 heteroatoms. The Kier molecular flexibility index (Phi) is 2.03. The van der Waals surface area contributed by atoms with E-state index in [0.717, 1.165) is 4.90 Å². The van der Waals surface area contributed by atoms with Gasteiger partial charge in [0.2, 0.25) is 0 Å². The van der Waals surface area contributed by atoms with Crippen LogP contribution in [0.1, 0.15) is 13.3 Å². The number of carboxylic acid groups (broad SMARTS) is 2. The molecule has 0 aromatic carbocycles. The van der Waals surface area contributed by atoms with E-state index in [1.54, 1.807) is 0 Å². The summed E-state index contributed by atoms with van der Waals surface area (Å²) in [7, 11) is 0. The van der Waals surface area contributed by atoms with Crippen molar-refractivity contribution in [2.24, 2.45) is 0 Å². The Labute approximate surface area is 75.3 Å². The minimum atomic E-state index is -1.34. The van der Waals surface area contributed by atoms with Crippen LogP contribution in [0.2, 0.25) is 0 Å². The van der Waals surface area contributed by atoms with E-state index in [1.165, 1.54) is 6.92 Å². The molecule has 1 atom stereocenters. The molecule has 1 aliphatic rings. The molecule has 5 nitrogen and oxygen atoms in total. The molecule has 72 valence electrons. The molecule has 13 heavy (non-hydrogen) atoms. The Morgan fingerprint density at radius 2 is 2.08 bits per heavy atom. The molecular weight excluding hydrogens is 174 g/mol. The largest absolute Gasteiger partial charge is 0.479 e. The third-order valence-corrected chi connectivity index (χ3v) is 2.26. The van der Waals surface area contributed by atoms with Crippen LogP contribution in [0.4, 0.5) is 4.79 Å². The molecule has 0 aromatic rings. The fourth-order valence-electron chi connectivity index (χ4n) is 1.51. The van der Waals surface area contributed by atoms with Gasteiger partial charge in [-0.1, -0.05) is 12.2 Å². The molecule has 0 aromatic heterocycles. The topological polar surface area (TPSA) is 77.8 Å². The van der Waals surface area contributed by atoms with Crippen molar-refractivity contribution >= 4 is 12.1 Å². The maximum atomic E-state index is 10.8. The Balaban J connectivity index is 3.01. The number of rotatable bonds is 1. The van der Waals surface area contributed by atoms with Crippen molar-refractivity contribution in [3.8, 4) is 0 Å². The summed E-state index contributed by atoms with van der Waals surface area (Å²) in [4.78, 5) is 22.4. The van der Waals surface area contributed by atoms with Crippen molar-refractivity contribution in [2.45, 2.75) is 18.9 Å². The lowest BCUT2D eigenvalue weighted by Gasteiger charge is -2.27. The van der Waals surface area contributed by atoms with E-state index in [1.807, 2.05) is 0 Å². The molecule has 1 amide bonds. The minimum Gasteiger partial charge on any atom is -0.479 e. The highest BCUT2D eigenvalue weighted by molar-refractivity contribution is 5.85. The summed E-state index contributed by atoms with van der Waals surface area (Å²) in [6.07, 6.45) is -1.03. The number of hydrogen-bond donors (Lipinski definition) is 2. The van der Waals surface area contributed by atoms with Gasteiger partial charge in [-0.05, 0) is 6.92 Å². The van der Waals surface area contributed by atoms with Crippen LogP contribution in [-0.2, 0) is 4.79 Å². The first-order chi connectivity index (χ1) is 5.88. The van der Waals surface area contributed by atoms with Crippen molar-refractivity contribution in [3.05, 3.63) is 12.2 Å². The van der Waals surface area contributed by atoms with Crippen molar-refractivity contribution in [3.63, 3.8) is 0 Å². The number of carbonyl (C=O) groups is 2. The zero-order valence-corrected chi connectivity index (χ0v) is 7.28. The van der Waals surface area contributed by atoms with Gasteiger partial charge >= 0.3 is 12.1 Å². The van der Waals surface area contributed by atoms with E-state index in [9.17, 15) is 9.59 Å². The monoisotopic (exact) mass is 185 g/mol. The van der Waals surface area contributed by atoms with Gasteiger partial charge in [0, 0.05) is 13.0 Å². The molecular formula is C8H11NO4. The van der Waals surface area contributed by atoms with Crippen LogP contribution in [0, 0.1) is 0 Å². The number of nitrogens with zero attached hydrogens (tertiary/aromatic N) is 1. The van der Waals surface area contributed by atoms with Crippen LogP contribution in [0.25, 0.3) is 0 Å². The van der Waals surface area contributed by atoms with Crippen molar-refractivity contribution < 1.29 is 19.8 Å². The zero-order valence-electron chi connectivity index (χ0n) is 7.28. The maximum Gasteiger partial charge on any atom is 0.408 e. The second-order valence-electron chi connectivity index (χ2n) is 3.37. The standard InChI is InChI=1S/C8H11NO4/c1-5-3-8(2,6(10)11)9(4-5)7(12)13/h1,3-4H2,2H3,(H,10,11)(H,12,13). The van der Waals surface area contributed by atoms with E-state index < -0.39 is 17.6 Å². The second kappa shape index (κ2) is 2.76. The molecule has 0 aliphatic carbocycles. The quantitative estimate of drug-likeness (QED) is 0.591. The number of aliphatic carboxylic acids is 1. The summed E-state index contributed by atoms with van der Waals surface area (Å²) >= 11 is 0. The summed E-state index contributed by atoms with van der Waals surface area (Å²) < 4.78 is 0. The number of carboxylic acids is 1. The SMILES string of the molecule is C=C1CN(C(=O)O)C(C)(C(=O)O)C1. The molecule has 0 radical (unpaired) electrons. The summed E-state index contributed by atoms with van der Waals surface area (Å²) in [6.45, 7) is 5.10. The van der Waals surface area contributed by atoms with Crippen LogP contribution in [0.15, 0.2) is 12.2 Å². The smallest absolute Gasteiger partial charge is 0.408 e. The van der Waals surface area contributed by atoms with Gasteiger partial charge in [0.15, 0.2) is 0 Å². The first-order valence-corrected chi connectivity index (χ1v) is 3.78. The molecule has 1 rings (SSSR count). The molecule has 2 N–H and O–H groups in total. The predicted molar refractivity (Wildman–Crippen MR) is 44.5 cm³/mol. The minimum absolute atomic E-state index is 0.109. The van der Waals surface area contributed by atoms with Gasteiger partial charge in [-0.3, -0.25) is 4.90 Å². The average molecular weight is 185 g/mol. The van der Waals surface area contributed by atoms with Gasteiger partial charge < -0.3 is 10.2 Å². The summed E-state index contributed by atoms with van der Waals surface area (Å²) in [5.74, 6) is -1.13. The maximum absolute atomic E-state index is 10.8. The molecule has 1 unspecified atom stereocenters. The summed E-state index contributed by atoms with van der Waals surface area (Å²) in [5.41, 5.74) is -0.713. The average Bonchev–Trinajstić information content (AvgIpc) is 2.27. The van der Waals surface area contributed by atoms with Crippen molar-refractivity contribution in [2.75, 3.05) is 6.54 Å². The first-order valence-electron chi connectivity index (χ1n) is 3.78. The van der Waals surface area contributed by atoms with E-state index in [2.05, 4.69) is 6.58 Å². The highest BCUT2D eigenvalue weighted by Gasteiger charge is 2.47. The highest BCUT2D eigenvalue weighted by atomic mass is 16.4. The molecule has 1 saturated heterocycles. The summed E-state index contributed by atoms with van der Waals surface area (Å²) in [5, 5.41) is 17.6. The van der Waals surface area contributed by atoms with Crippen LogP contribution in [0.5, 0.6) is 0 Å². The van der Waals surface area contributed by atoms with Gasteiger partial charge in [0.25, 0.3) is 0 Å². The van der Waals surface area contributed by atoms with E-state index in [4.69, 9.17) is 10.2 Å². The van der Waals surface area contributed by atoms with Crippen LogP contribution < -0.4 is 0 Å². The van der Waals surface area contributed by atoms with Gasteiger partial charge in [-0.15, -0.1) is 0 Å². The molecule has 1 fully saturated rings. The third-order valence-electron chi connectivity index (χ3n) is 2.26. The van der Waals surface area contributed by atoms with Crippen LogP contribution in [0.3, 0.4) is 0 Å². The Morgan fingerprint density at radius 1 is 1.54 bits per heavy atom. The van der Waals surface area contributed by atoms with Gasteiger partial charge in [-0.25, -0.2) is 9.59 Å². The lowest BCUT2D eigenvalue weighted by Crippen LogP contribution is -2.50. The van der Waals surface area contributed by atoms with Crippen LogP contribution in [-0.4, -0.2) is 39.3 Å². The molecule has 0 spiro atoms. The normalized spacial score (nSPS) is 27.8. The van der Waals surface area contributed by atoms with Gasteiger partial charge in [0.1, 0.15) is 5.54 Å². The van der Waals surface area contributed by atoms with E-state index >= 15 is 0 Å². The highest BCUT2D eigenvalue weighted by Crippen LogP contribution is 2.31. The fraction of sp³-hybridized carbons (Fsp3) is 0.500. The molecule has 0 saturated carbocycles. The van der Waals surface area contributed by atoms with Gasteiger partial charge in [-0.2, -0.15) is 0 Å². The zero-order chi connectivity index (χ0) is 10.2. The van der Waals surface area contributed by atoms with E-state index in [0.29, 0.717) is 5.57 Å². The van der Waals surface area contributed by atoms with Gasteiger partial charge in [0.05, 0.1) is 0 Å². The van der Waals surface area contributed by atoms with Crippen molar-refractivity contribution in [1.29, 1.82) is 0 Å². The Bertz CT molecular complexity index is 286. The van der Waals surface area contributed by atoms with Crippen molar-refractivity contribution in [1.82, 2.24) is 4.90 Å². The summed E-state index contributed by atoms with van der Waals surface area (Å²) in [6, 6.07) is 0. The Morgan fingerprint density at radius 3 is 2.38 bits per heavy atom. The third kappa shape index (κ3) is 1.37. The van der Waals surface area contributed by atoms with Crippen LogP contribution >= 0.6 is 0 Å². The van der Waals surface area contributed by atoms with E-state index in [-0.39, 0.29) is 13.0 Å². The number of likely N-dealkylation sites (tertiary alicyclic amines) is 1. The number of amides is 1. The fourth-order valence-corrected chi connectivity index (χ4v) is 1.51. The lowest BCUT2D eigenvalue weighted by atomic mass is 9.98. The predicted octanol–water partition coefficient (Wildman–Crippen LogP) is 0.770.